The first-order valence-electron chi connectivity index (χ1n) is 22.7. The molecule has 0 atom stereocenters. The molecular formula is C64H42. The maximum absolute atomic E-state index is 2.47. The van der Waals surface area contributed by atoms with E-state index in [4.69, 9.17) is 0 Å². The second-order valence-electron chi connectivity index (χ2n) is 18.6. The number of rotatable bonds is 3. The molecule has 0 nitrogen and oxygen atoms in total. The summed E-state index contributed by atoms with van der Waals surface area (Å²) >= 11 is 0. The zero-order valence-corrected chi connectivity index (χ0v) is 36.3. The molecule has 0 fully saturated rings. The van der Waals surface area contributed by atoms with Gasteiger partial charge in [0.1, 0.15) is 0 Å². The van der Waals surface area contributed by atoms with Crippen molar-refractivity contribution in [2.75, 3.05) is 0 Å². The lowest BCUT2D eigenvalue weighted by Crippen LogP contribution is -1.90. The molecule has 0 bridgehead atoms. The zero-order chi connectivity index (χ0) is 42.5. The number of hydrogen-bond donors (Lipinski definition) is 0. The molecule has 0 aromatic heterocycles. The summed E-state index contributed by atoms with van der Waals surface area (Å²) in [7, 11) is 0. The average molecular weight is 811 g/mol. The standard InChI is InChI=1S/C64H42/c1-35-13-25-45-53(29-35)51(31-57-49-27-15-37(3)61-47-11-7-5-9-43(47)59(63(49)61)33-55(45)57)41-21-17-39(18-22-41)40-19-23-42(24-20-40)52-32-58-50-28-16-38(4)62-48-12-8-6-10-44(48)60(64(50)62)34-56(58)46-26-14-36(2)30-54(46)52/h5-34H,1-4H3. The molecule has 0 saturated heterocycles. The van der Waals surface area contributed by atoms with Crippen molar-refractivity contribution in [3.8, 4) is 77.9 Å². The Morgan fingerprint density at radius 1 is 0.219 bits per heavy atom. The monoisotopic (exact) mass is 810 g/mol. The molecule has 2 aliphatic rings. The van der Waals surface area contributed by atoms with Gasteiger partial charge in [-0.2, -0.15) is 0 Å². The third kappa shape index (κ3) is 4.83. The van der Waals surface area contributed by atoms with E-state index >= 15 is 0 Å². The molecule has 0 aliphatic heterocycles. The maximum atomic E-state index is 2.47. The summed E-state index contributed by atoms with van der Waals surface area (Å²) in [5, 5.41) is 15.9. The van der Waals surface area contributed by atoms with Gasteiger partial charge in [-0.3, -0.25) is 0 Å². The van der Waals surface area contributed by atoms with Gasteiger partial charge in [-0.15, -0.1) is 0 Å². The van der Waals surface area contributed by atoms with Crippen LogP contribution in [-0.2, 0) is 0 Å². The predicted octanol–water partition coefficient (Wildman–Crippen LogP) is 18.1. The van der Waals surface area contributed by atoms with Gasteiger partial charge < -0.3 is 0 Å². The second-order valence-corrected chi connectivity index (χ2v) is 18.6. The van der Waals surface area contributed by atoms with E-state index in [1.165, 1.54) is 165 Å². The van der Waals surface area contributed by atoms with Gasteiger partial charge in [-0.1, -0.05) is 169 Å². The summed E-state index contributed by atoms with van der Waals surface area (Å²) in [5.74, 6) is 0. The van der Waals surface area contributed by atoms with Crippen LogP contribution in [-0.4, -0.2) is 0 Å². The second kappa shape index (κ2) is 12.9. The highest BCUT2D eigenvalue weighted by molar-refractivity contribution is 6.30. The fourth-order valence-corrected chi connectivity index (χ4v) is 11.9. The van der Waals surface area contributed by atoms with Crippen LogP contribution < -0.4 is 0 Å². The molecule has 0 unspecified atom stereocenters. The van der Waals surface area contributed by atoms with Crippen LogP contribution in [0.5, 0.6) is 0 Å². The summed E-state index contributed by atoms with van der Waals surface area (Å²) in [6, 6.07) is 69.6. The Kier molecular flexibility index (Phi) is 7.20. The molecule has 14 rings (SSSR count). The van der Waals surface area contributed by atoms with Gasteiger partial charge in [-0.05, 0) is 206 Å². The van der Waals surface area contributed by atoms with Crippen molar-refractivity contribution in [3.05, 3.63) is 204 Å². The molecule has 0 N–H and O–H groups in total. The van der Waals surface area contributed by atoms with E-state index < -0.39 is 0 Å². The first-order valence-corrected chi connectivity index (χ1v) is 22.7. The lowest BCUT2D eigenvalue weighted by atomic mass is 9.87. The molecule has 0 heterocycles. The zero-order valence-electron chi connectivity index (χ0n) is 36.3. The SMILES string of the molecule is Cc1ccc2c(c1)c(-c1ccc(-c3ccc(-c4cc5c6ccc(C)c7c6c(cc5c5ccc(C)cc45)-c4ccccc4-7)cc3)cc1)cc1c3ccc(C)c4c3c(cc21)-c1ccccc1-4. The molecule has 0 radical (unpaired) electrons. The first kappa shape index (κ1) is 35.8. The van der Waals surface area contributed by atoms with Gasteiger partial charge in [0, 0.05) is 0 Å². The fraction of sp³-hybridized carbons (Fsp3) is 0.0625. The van der Waals surface area contributed by atoms with Crippen molar-refractivity contribution in [2.24, 2.45) is 0 Å². The van der Waals surface area contributed by atoms with Gasteiger partial charge in [0.25, 0.3) is 0 Å². The fourth-order valence-electron chi connectivity index (χ4n) is 11.9. The Morgan fingerprint density at radius 3 is 0.984 bits per heavy atom. The quantitative estimate of drug-likeness (QED) is 0.156. The van der Waals surface area contributed by atoms with E-state index in [0.717, 1.165) is 0 Å². The first-order chi connectivity index (χ1) is 31.4. The lowest BCUT2D eigenvalue weighted by Gasteiger charge is -2.16. The molecule has 0 heteroatoms. The molecule has 12 aromatic rings. The molecule has 12 aromatic carbocycles. The molecule has 0 amide bonds. The van der Waals surface area contributed by atoms with Crippen molar-refractivity contribution in [2.45, 2.75) is 27.7 Å². The highest BCUT2D eigenvalue weighted by atomic mass is 14.3. The van der Waals surface area contributed by atoms with Gasteiger partial charge in [0.15, 0.2) is 0 Å². The van der Waals surface area contributed by atoms with Crippen molar-refractivity contribution in [3.63, 3.8) is 0 Å². The third-order valence-electron chi connectivity index (χ3n) is 14.9. The molecule has 64 heavy (non-hydrogen) atoms. The molecule has 2 aliphatic carbocycles. The summed E-state index contributed by atoms with van der Waals surface area (Å²) in [5.41, 5.74) is 23.5. The normalized spacial score (nSPS) is 12.4. The Bertz CT molecular complexity index is 3800. The van der Waals surface area contributed by atoms with E-state index in [1.54, 1.807) is 0 Å². The molecule has 0 saturated carbocycles. The van der Waals surface area contributed by atoms with Crippen LogP contribution in [0.25, 0.3) is 143 Å². The van der Waals surface area contributed by atoms with Crippen LogP contribution in [0.1, 0.15) is 22.3 Å². The summed E-state index contributed by atoms with van der Waals surface area (Å²) < 4.78 is 0. The Morgan fingerprint density at radius 2 is 0.562 bits per heavy atom. The highest BCUT2D eigenvalue weighted by Gasteiger charge is 2.27. The predicted molar refractivity (Wildman–Crippen MR) is 276 cm³/mol. The van der Waals surface area contributed by atoms with Crippen LogP contribution in [0.2, 0.25) is 0 Å². The highest BCUT2D eigenvalue weighted by Crippen LogP contribution is 2.54. The van der Waals surface area contributed by atoms with E-state index in [2.05, 4.69) is 210 Å². The van der Waals surface area contributed by atoms with Crippen LogP contribution in [0, 0.1) is 27.7 Å². The third-order valence-corrected chi connectivity index (χ3v) is 14.9. The van der Waals surface area contributed by atoms with Crippen LogP contribution in [0.3, 0.4) is 0 Å². The van der Waals surface area contributed by atoms with Crippen molar-refractivity contribution in [1.29, 1.82) is 0 Å². The molecular weight excluding hydrogens is 769 g/mol. The Labute approximate surface area is 372 Å². The van der Waals surface area contributed by atoms with Crippen molar-refractivity contribution < 1.29 is 0 Å². The van der Waals surface area contributed by atoms with E-state index in [9.17, 15) is 0 Å². The minimum Gasteiger partial charge on any atom is -0.0616 e. The number of benzene rings is 12. The molecule has 0 spiro atoms. The Balaban J connectivity index is 0.886. The van der Waals surface area contributed by atoms with Crippen molar-refractivity contribution in [1.82, 2.24) is 0 Å². The number of aryl methyl sites for hydroxylation is 4. The number of hydrogen-bond acceptors (Lipinski definition) is 0. The van der Waals surface area contributed by atoms with Gasteiger partial charge >= 0.3 is 0 Å². The maximum Gasteiger partial charge on any atom is -0.00172 e. The van der Waals surface area contributed by atoms with E-state index in [-0.39, 0.29) is 0 Å². The van der Waals surface area contributed by atoms with E-state index in [0.29, 0.717) is 0 Å². The van der Waals surface area contributed by atoms with Crippen LogP contribution in [0.15, 0.2) is 182 Å². The lowest BCUT2D eigenvalue weighted by molar-refractivity contribution is 1.50. The van der Waals surface area contributed by atoms with Crippen LogP contribution in [0.4, 0.5) is 0 Å². The van der Waals surface area contributed by atoms with Crippen LogP contribution >= 0.6 is 0 Å². The number of fused-ring (bicyclic) bond motifs is 14. The Hall–Kier alpha value is -7.80. The van der Waals surface area contributed by atoms with Crippen molar-refractivity contribution >= 4 is 64.6 Å². The summed E-state index contributed by atoms with van der Waals surface area (Å²) in [6.45, 7) is 8.93. The van der Waals surface area contributed by atoms with Gasteiger partial charge in [0.2, 0.25) is 0 Å². The smallest absolute Gasteiger partial charge is 0.00172 e. The summed E-state index contributed by atoms with van der Waals surface area (Å²) in [4.78, 5) is 0. The molecule has 298 valence electrons. The van der Waals surface area contributed by atoms with E-state index in [1.807, 2.05) is 0 Å². The topological polar surface area (TPSA) is 0 Å². The average Bonchev–Trinajstić information content (AvgIpc) is 3.85. The minimum absolute atomic E-state index is 1.22. The van der Waals surface area contributed by atoms with Gasteiger partial charge in [-0.25, -0.2) is 0 Å². The van der Waals surface area contributed by atoms with Gasteiger partial charge in [0.05, 0.1) is 0 Å². The largest absolute Gasteiger partial charge is 0.0616 e. The summed E-state index contributed by atoms with van der Waals surface area (Å²) in [6.07, 6.45) is 0. The minimum atomic E-state index is 1.22.